The molecule has 1 saturated heterocycles. The van der Waals surface area contributed by atoms with Gasteiger partial charge >= 0.3 is 0 Å². The fourth-order valence-corrected chi connectivity index (χ4v) is 2.12. The highest BCUT2D eigenvalue weighted by molar-refractivity contribution is 5.75. The molecule has 0 saturated carbocycles. The van der Waals surface area contributed by atoms with Crippen molar-refractivity contribution in [3.8, 4) is 0 Å². The van der Waals surface area contributed by atoms with Crippen LogP contribution >= 0.6 is 0 Å². The van der Waals surface area contributed by atoms with Gasteiger partial charge in [-0.1, -0.05) is 0 Å². The van der Waals surface area contributed by atoms with Crippen molar-refractivity contribution >= 4 is 5.91 Å². The Kier molecular flexibility index (Phi) is 5.20. The Balaban J connectivity index is 1.54. The van der Waals surface area contributed by atoms with Crippen LogP contribution in [0.2, 0.25) is 0 Å². The molecule has 1 amide bonds. The Morgan fingerprint density at radius 2 is 2.44 bits per heavy atom. The topological polar surface area (TPSA) is 56.2 Å². The van der Waals surface area contributed by atoms with Gasteiger partial charge in [-0.05, 0) is 31.7 Å². The second kappa shape index (κ2) is 7.16. The zero-order valence-electron chi connectivity index (χ0n) is 10.7. The Morgan fingerprint density at radius 3 is 3.17 bits per heavy atom. The van der Waals surface area contributed by atoms with E-state index in [1.165, 1.54) is 6.42 Å². The van der Waals surface area contributed by atoms with E-state index in [2.05, 4.69) is 10.4 Å². The van der Waals surface area contributed by atoms with E-state index in [-0.39, 0.29) is 12.0 Å². The average molecular weight is 251 g/mol. The molecule has 100 valence electrons. The summed E-state index contributed by atoms with van der Waals surface area (Å²) in [5, 5.41) is 7.04. The Hall–Kier alpha value is -1.36. The van der Waals surface area contributed by atoms with E-state index in [0.29, 0.717) is 13.0 Å². The van der Waals surface area contributed by atoms with E-state index in [1.807, 2.05) is 16.9 Å². The first-order valence-corrected chi connectivity index (χ1v) is 6.70. The molecule has 1 aliphatic heterocycles. The van der Waals surface area contributed by atoms with E-state index in [4.69, 9.17) is 4.74 Å². The molecule has 2 rings (SSSR count). The van der Waals surface area contributed by atoms with Crippen molar-refractivity contribution in [2.75, 3.05) is 13.2 Å². The van der Waals surface area contributed by atoms with E-state index in [9.17, 15) is 4.79 Å². The number of rotatable bonds is 6. The van der Waals surface area contributed by atoms with Gasteiger partial charge in [-0.25, -0.2) is 0 Å². The maximum absolute atomic E-state index is 11.6. The predicted molar refractivity (Wildman–Crippen MR) is 68.1 cm³/mol. The molecule has 18 heavy (non-hydrogen) atoms. The number of carbonyl (C=O) groups excluding carboxylic acids is 1. The number of carbonyl (C=O) groups is 1. The number of amides is 1. The van der Waals surface area contributed by atoms with Gasteiger partial charge in [0.15, 0.2) is 0 Å². The van der Waals surface area contributed by atoms with Crippen molar-refractivity contribution in [1.82, 2.24) is 15.1 Å². The summed E-state index contributed by atoms with van der Waals surface area (Å²) >= 11 is 0. The van der Waals surface area contributed by atoms with Gasteiger partial charge in [-0.15, -0.1) is 0 Å². The summed E-state index contributed by atoms with van der Waals surface area (Å²) in [5.41, 5.74) is 0. The summed E-state index contributed by atoms with van der Waals surface area (Å²) in [7, 11) is 0. The van der Waals surface area contributed by atoms with E-state index in [1.54, 1.807) is 6.20 Å². The molecular weight excluding hydrogens is 230 g/mol. The van der Waals surface area contributed by atoms with Crippen LogP contribution in [0.15, 0.2) is 18.5 Å². The first-order chi connectivity index (χ1) is 8.84. The smallest absolute Gasteiger partial charge is 0.220 e. The maximum atomic E-state index is 11.6. The fraction of sp³-hybridized carbons (Fsp3) is 0.692. The molecule has 1 aromatic rings. The second-order valence-corrected chi connectivity index (χ2v) is 4.67. The minimum absolute atomic E-state index is 0.108. The van der Waals surface area contributed by atoms with Gasteiger partial charge in [0.05, 0.1) is 6.10 Å². The maximum Gasteiger partial charge on any atom is 0.220 e. The number of hydrogen-bond acceptors (Lipinski definition) is 3. The SMILES string of the molecule is O=C(CCCn1cccn1)NCC1CCCCO1. The third-order valence-corrected chi connectivity index (χ3v) is 3.15. The van der Waals surface area contributed by atoms with Gasteiger partial charge in [-0.3, -0.25) is 9.48 Å². The molecule has 1 unspecified atom stereocenters. The summed E-state index contributed by atoms with van der Waals surface area (Å²) < 4.78 is 7.41. The summed E-state index contributed by atoms with van der Waals surface area (Å²) in [6.45, 7) is 2.28. The van der Waals surface area contributed by atoms with Crippen molar-refractivity contribution < 1.29 is 9.53 Å². The van der Waals surface area contributed by atoms with E-state index >= 15 is 0 Å². The highest BCUT2D eigenvalue weighted by Gasteiger charge is 2.14. The quantitative estimate of drug-likeness (QED) is 0.830. The van der Waals surface area contributed by atoms with E-state index < -0.39 is 0 Å². The lowest BCUT2D eigenvalue weighted by Crippen LogP contribution is -2.35. The molecule has 1 atom stereocenters. The molecule has 1 aromatic heterocycles. The van der Waals surface area contributed by atoms with Crippen LogP contribution in [-0.4, -0.2) is 34.9 Å². The zero-order valence-corrected chi connectivity index (χ0v) is 10.7. The molecule has 0 bridgehead atoms. The standard InChI is InChI=1S/C13H21N3O2/c17-13(6-3-8-16-9-4-7-15-16)14-11-12-5-1-2-10-18-12/h4,7,9,12H,1-3,5-6,8,10-11H2,(H,14,17). The normalized spacial score (nSPS) is 19.7. The molecule has 0 radical (unpaired) electrons. The number of hydrogen-bond donors (Lipinski definition) is 1. The van der Waals surface area contributed by atoms with Gasteiger partial charge in [0.25, 0.3) is 0 Å². The predicted octanol–water partition coefficient (Wildman–Crippen LogP) is 1.35. The molecule has 0 spiro atoms. The number of nitrogens with zero attached hydrogens (tertiary/aromatic N) is 2. The van der Waals surface area contributed by atoms with Crippen LogP contribution in [0.1, 0.15) is 32.1 Å². The van der Waals surface area contributed by atoms with Gasteiger partial charge in [0.2, 0.25) is 5.91 Å². The Morgan fingerprint density at radius 1 is 1.50 bits per heavy atom. The van der Waals surface area contributed by atoms with Crippen LogP contribution in [0.5, 0.6) is 0 Å². The van der Waals surface area contributed by atoms with Crippen LogP contribution < -0.4 is 5.32 Å². The average Bonchev–Trinajstić information content (AvgIpc) is 2.91. The largest absolute Gasteiger partial charge is 0.376 e. The van der Waals surface area contributed by atoms with Gasteiger partial charge in [0, 0.05) is 38.5 Å². The van der Waals surface area contributed by atoms with Crippen molar-refractivity contribution in [3.05, 3.63) is 18.5 Å². The lowest BCUT2D eigenvalue weighted by molar-refractivity contribution is -0.122. The minimum atomic E-state index is 0.108. The molecule has 5 nitrogen and oxygen atoms in total. The molecule has 0 aliphatic carbocycles. The number of ether oxygens (including phenoxy) is 1. The van der Waals surface area contributed by atoms with Crippen LogP contribution in [-0.2, 0) is 16.1 Å². The highest BCUT2D eigenvalue weighted by atomic mass is 16.5. The lowest BCUT2D eigenvalue weighted by atomic mass is 10.1. The van der Waals surface area contributed by atoms with Crippen molar-refractivity contribution in [3.63, 3.8) is 0 Å². The first kappa shape index (κ1) is 13.1. The zero-order chi connectivity index (χ0) is 12.6. The monoisotopic (exact) mass is 251 g/mol. The van der Waals surface area contributed by atoms with Crippen LogP contribution in [0, 0.1) is 0 Å². The van der Waals surface area contributed by atoms with Crippen LogP contribution in [0.3, 0.4) is 0 Å². The summed E-state index contributed by atoms with van der Waals surface area (Å²) in [6.07, 6.45) is 8.66. The van der Waals surface area contributed by atoms with Crippen molar-refractivity contribution in [1.29, 1.82) is 0 Å². The van der Waals surface area contributed by atoms with Gasteiger partial charge in [0.1, 0.15) is 0 Å². The number of aryl methyl sites for hydroxylation is 1. The van der Waals surface area contributed by atoms with Gasteiger partial charge < -0.3 is 10.1 Å². The summed E-state index contributed by atoms with van der Waals surface area (Å²) in [6, 6.07) is 1.89. The molecule has 2 heterocycles. The van der Waals surface area contributed by atoms with Crippen LogP contribution in [0.25, 0.3) is 0 Å². The highest BCUT2D eigenvalue weighted by Crippen LogP contribution is 2.11. The lowest BCUT2D eigenvalue weighted by Gasteiger charge is -2.22. The van der Waals surface area contributed by atoms with Crippen LogP contribution in [0.4, 0.5) is 0 Å². The number of nitrogens with one attached hydrogen (secondary N) is 1. The third-order valence-electron chi connectivity index (χ3n) is 3.15. The minimum Gasteiger partial charge on any atom is -0.376 e. The second-order valence-electron chi connectivity index (χ2n) is 4.67. The Labute approximate surface area is 108 Å². The molecular formula is C13H21N3O2. The van der Waals surface area contributed by atoms with Crippen molar-refractivity contribution in [2.24, 2.45) is 0 Å². The fourth-order valence-electron chi connectivity index (χ4n) is 2.12. The molecule has 1 N–H and O–H groups in total. The molecule has 1 aliphatic rings. The molecule has 1 fully saturated rings. The summed E-state index contributed by atoms with van der Waals surface area (Å²) in [5.74, 6) is 0.108. The molecule has 5 heteroatoms. The van der Waals surface area contributed by atoms with E-state index in [0.717, 1.165) is 32.4 Å². The Bertz CT molecular complexity index is 345. The van der Waals surface area contributed by atoms with Gasteiger partial charge in [-0.2, -0.15) is 5.10 Å². The first-order valence-electron chi connectivity index (χ1n) is 6.70. The summed E-state index contributed by atoms with van der Waals surface area (Å²) in [4.78, 5) is 11.6. The third kappa shape index (κ3) is 4.49. The number of aromatic nitrogens is 2. The van der Waals surface area contributed by atoms with Crippen molar-refractivity contribution in [2.45, 2.75) is 44.8 Å². The molecule has 0 aromatic carbocycles.